The Kier molecular flexibility index (Phi) is 3.48. The van der Waals surface area contributed by atoms with Crippen molar-refractivity contribution in [3.8, 4) is 0 Å². The predicted octanol–water partition coefficient (Wildman–Crippen LogP) is 0.457. The molecule has 0 rings (SSSR count). The zero-order chi connectivity index (χ0) is 6.57. The Labute approximate surface area is 50.8 Å². The van der Waals surface area contributed by atoms with Crippen molar-refractivity contribution in [3.63, 3.8) is 0 Å². The molecule has 2 nitrogen and oxygen atoms in total. The normalized spacial score (nSPS) is 16.2. The van der Waals surface area contributed by atoms with Gasteiger partial charge in [-0.25, -0.2) is 0 Å². The van der Waals surface area contributed by atoms with Crippen molar-refractivity contribution in [2.75, 3.05) is 7.05 Å². The molecule has 0 aromatic rings. The van der Waals surface area contributed by atoms with Gasteiger partial charge in [-0.05, 0) is 26.5 Å². The number of allylic oxidation sites excluding steroid dienone is 1. The highest BCUT2D eigenvalue weighted by molar-refractivity contribution is 5.02. The van der Waals surface area contributed by atoms with Crippen molar-refractivity contribution >= 4 is 0 Å². The minimum absolute atomic E-state index is 0.0278. The van der Waals surface area contributed by atoms with Gasteiger partial charge in [-0.3, -0.25) is 0 Å². The summed E-state index contributed by atoms with van der Waals surface area (Å²) < 4.78 is 0. The van der Waals surface area contributed by atoms with Gasteiger partial charge in [0.2, 0.25) is 0 Å². The third-order valence-corrected chi connectivity index (χ3v) is 1.26. The van der Waals surface area contributed by atoms with Crippen molar-refractivity contribution in [1.29, 1.82) is 0 Å². The first kappa shape index (κ1) is 7.66. The lowest BCUT2D eigenvalue weighted by Crippen LogP contribution is -2.35. The van der Waals surface area contributed by atoms with Crippen LogP contribution in [0.4, 0.5) is 0 Å². The molecule has 2 heteroatoms. The number of likely N-dealkylation sites (N-methyl/N-ethyl adjacent to an activating group) is 1. The summed E-state index contributed by atoms with van der Waals surface area (Å²) in [5, 5.41) is 2.93. The van der Waals surface area contributed by atoms with E-state index < -0.39 is 0 Å². The van der Waals surface area contributed by atoms with Gasteiger partial charge in [0, 0.05) is 0 Å². The molecule has 0 radical (unpaired) electrons. The molecule has 0 aliphatic heterocycles. The number of nitrogens with two attached hydrogens (primary N) is 1. The summed E-state index contributed by atoms with van der Waals surface area (Å²) >= 11 is 0. The Bertz CT molecular complexity index is 86.5. The van der Waals surface area contributed by atoms with Crippen LogP contribution in [-0.4, -0.2) is 13.2 Å². The van der Waals surface area contributed by atoms with E-state index in [4.69, 9.17) is 5.73 Å². The van der Waals surface area contributed by atoms with Gasteiger partial charge in [0.25, 0.3) is 0 Å². The Morgan fingerprint density at radius 2 is 2.25 bits per heavy atom. The lowest BCUT2D eigenvalue weighted by molar-refractivity contribution is 0.662. The van der Waals surface area contributed by atoms with Gasteiger partial charge >= 0.3 is 0 Å². The molecule has 1 unspecified atom stereocenters. The van der Waals surface area contributed by atoms with Crippen LogP contribution in [0.25, 0.3) is 0 Å². The minimum Gasteiger partial charge on any atom is -0.312 e. The van der Waals surface area contributed by atoms with Crippen LogP contribution in [0, 0.1) is 0 Å². The van der Waals surface area contributed by atoms with Crippen molar-refractivity contribution in [2.24, 2.45) is 5.73 Å². The largest absolute Gasteiger partial charge is 0.312 e. The summed E-state index contributed by atoms with van der Waals surface area (Å²) in [5.41, 5.74) is 6.72. The molecule has 0 amide bonds. The topological polar surface area (TPSA) is 38.0 Å². The van der Waals surface area contributed by atoms with Crippen LogP contribution < -0.4 is 11.1 Å². The van der Waals surface area contributed by atoms with Crippen LogP contribution in [-0.2, 0) is 0 Å². The van der Waals surface area contributed by atoms with Crippen molar-refractivity contribution in [3.05, 3.63) is 11.6 Å². The fourth-order valence-corrected chi connectivity index (χ4v) is 0.407. The van der Waals surface area contributed by atoms with Crippen LogP contribution in [0.15, 0.2) is 11.6 Å². The summed E-state index contributed by atoms with van der Waals surface area (Å²) in [4.78, 5) is 0. The second kappa shape index (κ2) is 3.64. The Balaban J connectivity index is 3.63. The van der Waals surface area contributed by atoms with Gasteiger partial charge in [-0.15, -0.1) is 0 Å². The average Bonchev–Trinajstić information content (AvgIpc) is 1.84. The maximum atomic E-state index is 5.55. The standard InChI is InChI=1S/C6H14N2/c1-4-5(2)6(7)8-3/h4,6,8H,7H2,1-3H3/b5-4+. The summed E-state index contributed by atoms with van der Waals surface area (Å²) in [6.45, 7) is 3.98. The van der Waals surface area contributed by atoms with E-state index in [-0.39, 0.29) is 6.17 Å². The fraction of sp³-hybridized carbons (Fsp3) is 0.667. The van der Waals surface area contributed by atoms with Crippen LogP contribution in [0.1, 0.15) is 13.8 Å². The fourth-order valence-electron chi connectivity index (χ4n) is 0.407. The molecule has 3 N–H and O–H groups in total. The van der Waals surface area contributed by atoms with Crippen LogP contribution in [0.2, 0.25) is 0 Å². The molecule has 1 atom stereocenters. The third kappa shape index (κ3) is 2.09. The molecule has 48 valence electrons. The highest BCUT2D eigenvalue weighted by Crippen LogP contribution is 1.91. The Hall–Kier alpha value is -0.340. The molecule has 0 saturated heterocycles. The molecular formula is C6H14N2. The maximum absolute atomic E-state index is 5.55. The van der Waals surface area contributed by atoms with Crippen LogP contribution in [0.3, 0.4) is 0 Å². The molecule has 0 saturated carbocycles. The first-order chi connectivity index (χ1) is 3.72. The minimum atomic E-state index is 0.0278. The van der Waals surface area contributed by atoms with Crippen molar-refractivity contribution < 1.29 is 0 Å². The number of hydrogen-bond donors (Lipinski definition) is 2. The smallest absolute Gasteiger partial charge is 0.0763 e. The van der Waals surface area contributed by atoms with Crippen LogP contribution >= 0.6 is 0 Å². The van der Waals surface area contributed by atoms with Gasteiger partial charge in [-0.2, -0.15) is 0 Å². The second-order valence-corrected chi connectivity index (χ2v) is 1.80. The number of nitrogens with one attached hydrogen (secondary N) is 1. The molecule has 0 heterocycles. The van der Waals surface area contributed by atoms with E-state index in [1.807, 2.05) is 27.0 Å². The van der Waals surface area contributed by atoms with E-state index in [0.717, 1.165) is 0 Å². The Morgan fingerprint density at radius 3 is 2.38 bits per heavy atom. The highest BCUT2D eigenvalue weighted by atomic mass is 15.0. The van der Waals surface area contributed by atoms with Crippen molar-refractivity contribution in [2.45, 2.75) is 20.0 Å². The lowest BCUT2D eigenvalue weighted by Gasteiger charge is -2.08. The third-order valence-electron chi connectivity index (χ3n) is 1.26. The lowest BCUT2D eigenvalue weighted by atomic mass is 10.2. The molecule has 0 fully saturated rings. The molecule has 0 aromatic carbocycles. The highest BCUT2D eigenvalue weighted by Gasteiger charge is 1.95. The van der Waals surface area contributed by atoms with E-state index in [0.29, 0.717) is 0 Å². The van der Waals surface area contributed by atoms with Crippen molar-refractivity contribution in [1.82, 2.24) is 5.32 Å². The molecule has 0 aromatic heterocycles. The monoisotopic (exact) mass is 114 g/mol. The van der Waals surface area contributed by atoms with E-state index in [2.05, 4.69) is 5.32 Å². The van der Waals surface area contributed by atoms with E-state index in [9.17, 15) is 0 Å². The first-order valence-corrected chi connectivity index (χ1v) is 2.78. The second-order valence-electron chi connectivity index (χ2n) is 1.80. The zero-order valence-corrected chi connectivity index (χ0v) is 5.73. The van der Waals surface area contributed by atoms with E-state index in [1.165, 1.54) is 5.57 Å². The summed E-state index contributed by atoms with van der Waals surface area (Å²) in [5.74, 6) is 0. The quantitative estimate of drug-likeness (QED) is 0.404. The van der Waals surface area contributed by atoms with Gasteiger partial charge in [0.05, 0.1) is 6.17 Å². The first-order valence-electron chi connectivity index (χ1n) is 2.78. The SMILES string of the molecule is C/C=C(\C)C(N)NC. The van der Waals surface area contributed by atoms with Gasteiger partial charge < -0.3 is 11.1 Å². The molecule has 0 aliphatic rings. The van der Waals surface area contributed by atoms with E-state index >= 15 is 0 Å². The van der Waals surface area contributed by atoms with Crippen LogP contribution in [0.5, 0.6) is 0 Å². The van der Waals surface area contributed by atoms with Gasteiger partial charge in [0.1, 0.15) is 0 Å². The Morgan fingerprint density at radius 1 is 1.75 bits per heavy atom. The molecule has 8 heavy (non-hydrogen) atoms. The summed E-state index contributed by atoms with van der Waals surface area (Å²) in [6, 6.07) is 0. The molecule has 0 aliphatic carbocycles. The molecule has 0 bridgehead atoms. The zero-order valence-electron chi connectivity index (χ0n) is 5.73. The predicted molar refractivity (Wildman–Crippen MR) is 36.5 cm³/mol. The number of rotatable bonds is 2. The summed E-state index contributed by atoms with van der Waals surface area (Å²) in [6.07, 6.45) is 2.03. The maximum Gasteiger partial charge on any atom is 0.0763 e. The molecular weight excluding hydrogens is 100 g/mol. The summed E-state index contributed by atoms with van der Waals surface area (Å²) in [7, 11) is 1.84. The van der Waals surface area contributed by atoms with Gasteiger partial charge in [-0.1, -0.05) is 6.08 Å². The molecule has 0 spiro atoms. The van der Waals surface area contributed by atoms with Gasteiger partial charge in [0.15, 0.2) is 0 Å². The number of hydrogen-bond acceptors (Lipinski definition) is 2. The average molecular weight is 114 g/mol. The van der Waals surface area contributed by atoms with E-state index in [1.54, 1.807) is 0 Å².